The van der Waals surface area contributed by atoms with Crippen molar-refractivity contribution in [1.82, 2.24) is 9.55 Å². The molecule has 2 aromatic heterocycles. The van der Waals surface area contributed by atoms with Gasteiger partial charge >= 0.3 is 0 Å². The van der Waals surface area contributed by atoms with E-state index in [0.717, 1.165) is 34.0 Å². The van der Waals surface area contributed by atoms with Gasteiger partial charge in [0.05, 0.1) is 0 Å². The molecule has 0 bridgehead atoms. The summed E-state index contributed by atoms with van der Waals surface area (Å²) in [7, 11) is 0. The minimum atomic E-state index is -0.107. The van der Waals surface area contributed by atoms with Crippen molar-refractivity contribution in [2.24, 2.45) is 0 Å². The Kier molecular flexibility index (Phi) is 3.95. The highest BCUT2D eigenvalue weighted by Crippen LogP contribution is 2.22. The predicted octanol–water partition coefficient (Wildman–Crippen LogP) is 5.42. The molecule has 0 fully saturated rings. The number of hydrogen-bond acceptors (Lipinski definition) is 1. The number of benzene rings is 3. The minimum absolute atomic E-state index is 0.107. The van der Waals surface area contributed by atoms with Crippen LogP contribution in [0.5, 0.6) is 0 Å². The Bertz CT molecular complexity index is 1280. The van der Waals surface area contributed by atoms with Gasteiger partial charge in [-0.15, -0.1) is 0 Å². The molecule has 2 heterocycles. The highest BCUT2D eigenvalue weighted by molar-refractivity contribution is 6.06. The Morgan fingerprint density at radius 3 is 2.68 bits per heavy atom. The summed E-state index contributed by atoms with van der Waals surface area (Å²) in [4.78, 5) is 16.0. The number of aromatic nitrogens is 2. The fourth-order valence-corrected chi connectivity index (χ4v) is 3.58. The van der Waals surface area contributed by atoms with E-state index in [4.69, 9.17) is 0 Å². The second kappa shape index (κ2) is 6.74. The summed E-state index contributed by atoms with van der Waals surface area (Å²) in [5, 5.41) is 5.20. The van der Waals surface area contributed by atoms with E-state index in [-0.39, 0.29) is 5.91 Å². The predicted molar refractivity (Wildman–Crippen MR) is 114 cm³/mol. The number of nitrogens with zero attached hydrogens (tertiary/aromatic N) is 1. The van der Waals surface area contributed by atoms with Crippen LogP contribution in [0, 0.1) is 0 Å². The van der Waals surface area contributed by atoms with Crippen LogP contribution >= 0.6 is 0 Å². The third kappa shape index (κ3) is 3.05. The van der Waals surface area contributed by atoms with Crippen LogP contribution in [0.15, 0.2) is 91.3 Å². The van der Waals surface area contributed by atoms with Crippen molar-refractivity contribution in [2.45, 2.75) is 6.54 Å². The summed E-state index contributed by atoms with van der Waals surface area (Å²) in [6.07, 6.45) is 3.96. The van der Waals surface area contributed by atoms with E-state index in [1.165, 1.54) is 5.56 Å². The average molecular weight is 365 g/mol. The molecule has 0 spiro atoms. The molecule has 0 aliphatic rings. The van der Waals surface area contributed by atoms with E-state index in [2.05, 4.69) is 39.3 Å². The first-order chi connectivity index (χ1) is 13.8. The first-order valence-corrected chi connectivity index (χ1v) is 9.28. The Labute approximate surface area is 162 Å². The molecule has 28 heavy (non-hydrogen) atoms. The molecular formula is C24H19N3O. The van der Waals surface area contributed by atoms with Crippen molar-refractivity contribution in [2.75, 3.05) is 5.32 Å². The second-order valence-electron chi connectivity index (χ2n) is 6.94. The molecule has 2 N–H and O–H groups in total. The van der Waals surface area contributed by atoms with E-state index in [1.54, 1.807) is 0 Å². The topological polar surface area (TPSA) is 49.8 Å². The van der Waals surface area contributed by atoms with Gasteiger partial charge in [0.1, 0.15) is 0 Å². The lowest BCUT2D eigenvalue weighted by atomic mass is 10.1. The summed E-state index contributed by atoms with van der Waals surface area (Å²) in [6, 6.07) is 26.1. The second-order valence-corrected chi connectivity index (χ2v) is 6.94. The fraction of sp³-hybridized carbons (Fsp3) is 0.0417. The van der Waals surface area contributed by atoms with Crippen molar-refractivity contribution in [3.05, 3.63) is 102 Å². The molecular weight excluding hydrogens is 346 g/mol. The van der Waals surface area contributed by atoms with Gasteiger partial charge in [-0.1, -0.05) is 36.4 Å². The summed E-state index contributed by atoms with van der Waals surface area (Å²) < 4.78 is 2.17. The molecule has 4 heteroatoms. The number of amides is 1. The van der Waals surface area contributed by atoms with Gasteiger partial charge in [0, 0.05) is 46.6 Å². The monoisotopic (exact) mass is 365 g/mol. The van der Waals surface area contributed by atoms with Gasteiger partial charge in [0.2, 0.25) is 0 Å². The van der Waals surface area contributed by atoms with E-state index in [1.807, 2.05) is 66.9 Å². The highest BCUT2D eigenvalue weighted by Gasteiger charge is 2.10. The number of H-pyrrole nitrogens is 1. The van der Waals surface area contributed by atoms with Crippen LogP contribution < -0.4 is 5.32 Å². The molecule has 0 aliphatic heterocycles. The Balaban J connectivity index is 1.43. The maximum absolute atomic E-state index is 12.8. The highest BCUT2D eigenvalue weighted by atomic mass is 16.1. The minimum Gasteiger partial charge on any atom is -0.361 e. The smallest absolute Gasteiger partial charge is 0.255 e. The lowest BCUT2D eigenvalue weighted by Crippen LogP contribution is -2.12. The summed E-state index contributed by atoms with van der Waals surface area (Å²) in [5.74, 6) is -0.107. The lowest BCUT2D eigenvalue weighted by molar-refractivity contribution is 0.102. The third-order valence-corrected chi connectivity index (χ3v) is 5.04. The van der Waals surface area contributed by atoms with Crippen LogP contribution in [0.3, 0.4) is 0 Å². The molecule has 0 unspecified atom stereocenters. The quantitative estimate of drug-likeness (QED) is 0.439. The standard InChI is InChI=1S/C24H19N3O/c28-24(26-21-8-9-22-19(14-21)10-12-25-22)20-7-6-18-11-13-27(23(18)15-20)16-17-4-2-1-3-5-17/h1-15,25H,16H2,(H,26,28). The van der Waals surface area contributed by atoms with Crippen LogP contribution in [0.25, 0.3) is 21.8 Å². The molecule has 1 amide bonds. The third-order valence-electron chi connectivity index (χ3n) is 5.04. The number of carbonyl (C=O) groups is 1. The van der Waals surface area contributed by atoms with Gasteiger partial charge in [-0.25, -0.2) is 0 Å². The van der Waals surface area contributed by atoms with Crippen molar-refractivity contribution in [3.63, 3.8) is 0 Å². The van der Waals surface area contributed by atoms with E-state index in [0.29, 0.717) is 5.56 Å². The van der Waals surface area contributed by atoms with Crippen molar-refractivity contribution in [3.8, 4) is 0 Å². The Morgan fingerprint density at radius 2 is 1.79 bits per heavy atom. The molecule has 5 aromatic rings. The zero-order valence-corrected chi connectivity index (χ0v) is 15.2. The average Bonchev–Trinajstić information content (AvgIpc) is 3.35. The number of carbonyl (C=O) groups excluding carboxylic acids is 1. The lowest BCUT2D eigenvalue weighted by Gasteiger charge is -2.08. The number of rotatable bonds is 4. The molecule has 5 rings (SSSR count). The van der Waals surface area contributed by atoms with Crippen molar-refractivity contribution in [1.29, 1.82) is 0 Å². The fourth-order valence-electron chi connectivity index (χ4n) is 3.58. The largest absolute Gasteiger partial charge is 0.361 e. The van der Waals surface area contributed by atoms with Gasteiger partial charge in [0.15, 0.2) is 0 Å². The number of nitrogens with one attached hydrogen (secondary N) is 2. The zero-order valence-electron chi connectivity index (χ0n) is 15.2. The van der Waals surface area contributed by atoms with E-state index >= 15 is 0 Å². The molecule has 0 radical (unpaired) electrons. The summed E-state index contributed by atoms with van der Waals surface area (Å²) in [6.45, 7) is 0.777. The molecule has 3 aromatic carbocycles. The molecule has 0 aliphatic carbocycles. The number of fused-ring (bicyclic) bond motifs is 2. The summed E-state index contributed by atoms with van der Waals surface area (Å²) >= 11 is 0. The van der Waals surface area contributed by atoms with Crippen LogP contribution in [0.1, 0.15) is 15.9 Å². The molecule has 0 atom stereocenters. The van der Waals surface area contributed by atoms with Crippen LogP contribution in [-0.2, 0) is 6.54 Å². The van der Waals surface area contributed by atoms with Gasteiger partial charge in [-0.05, 0) is 53.4 Å². The van der Waals surface area contributed by atoms with Crippen molar-refractivity contribution >= 4 is 33.4 Å². The molecule has 0 saturated carbocycles. The van der Waals surface area contributed by atoms with Crippen LogP contribution in [0.4, 0.5) is 5.69 Å². The molecule has 0 saturated heterocycles. The van der Waals surface area contributed by atoms with Gasteiger partial charge < -0.3 is 14.9 Å². The van der Waals surface area contributed by atoms with Gasteiger partial charge in [0.25, 0.3) is 5.91 Å². The molecule has 136 valence electrons. The first-order valence-electron chi connectivity index (χ1n) is 9.28. The number of hydrogen-bond donors (Lipinski definition) is 2. The van der Waals surface area contributed by atoms with Crippen LogP contribution in [-0.4, -0.2) is 15.5 Å². The van der Waals surface area contributed by atoms with Crippen LogP contribution in [0.2, 0.25) is 0 Å². The number of anilines is 1. The van der Waals surface area contributed by atoms with Gasteiger partial charge in [-0.2, -0.15) is 0 Å². The van der Waals surface area contributed by atoms with E-state index < -0.39 is 0 Å². The van der Waals surface area contributed by atoms with E-state index in [9.17, 15) is 4.79 Å². The number of aromatic amines is 1. The Hall–Kier alpha value is -3.79. The normalized spacial score (nSPS) is 11.1. The SMILES string of the molecule is O=C(Nc1ccc2[nH]ccc2c1)c1ccc2ccn(Cc3ccccc3)c2c1. The Morgan fingerprint density at radius 1 is 0.893 bits per heavy atom. The zero-order chi connectivity index (χ0) is 18.9. The van der Waals surface area contributed by atoms with Crippen molar-refractivity contribution < 1.29 is 4.79 Å². The summed E-state index contributed by atoms with van der Waals surface area (Å²) in [5.41, 5.74) is 4.77. The maximum Gasteiger partial charge on any atom is 0.255 e. The first kappa shape index (κ1) is 16.4. The molecule has 4 nitrogen and oxygen atoms in total. The van der Waals surface area contributed by atoms with Gasteiger partial charge in [-0.3, -0.25) is 4.79 Å². The maximum atomic E-state index is 12.8.